The molecular formula is C10H17N5O3. The lowest BCUT2D eigenvalue weighted by atomic mass is 10.5. The van der Waals surface area contributed by atoms with Crippen molar-refractivity contribution in [1.29, 1.82) is 0 Å². The number of aryl methyl sites for hydroxylation is 1. The van der Waals surface area contributed by atoms with Gasteiger partial charge in [-0.1, -0.05) is 6.92 Å². The average molecular weight is 255 g/mol. The fourth-order valence-corrected chi connectivity index (χ4v) is 1.42. The number of carbonyl (C=O) groups is 1. The van der Waals surface area contributed by atoms with Crippen molar-refractivity contribution in [3.8, 4) is 0 Å². The van der Waals surface area contributed by atoms with Gasteiger partial charge in [0.05, 0.1) is 0 Å². The summed E-state index contributed by atoms with van der Waals surface area (Å²) in [6.45, 7) is 5.73. The van der Waals surface area contributed by atoms with Crippen LogP contribution in [0.4, 0.5) is 5.82 Å². The van der Waals surface area contributed by atoms with Crippen LogP contribution in [-0.2, 0) is 11.3 Å². The van der Waals surface area contributed by atoms with Gasteiger partial charge in [0.1, 0.15) is 12.7 Å². The van der Waals surface area contributed by atoms with Crippen molar-refractivity contribution in [3.05, 3.63) is 22.1 Å². The molecule has 0 spiro atoms. The van der Waals surface area contributed by atoms with E-state index in [9.17, 15) is 14.9 Å². The Morgan fingerprint density at radius 3 is 2.83 bits per heavy atom. The molecule has 1 rings (SSSR count). The summed E-state index contributed by atoms with van der Waals surface area (Å²) in [6, 6.07) is 0. The highest BCUT2D eigenvalue weighted by molar-refractivity contribution is 5.75. The zero-order valence-electron chi connectivity index (χ0n) is 10.5. The van der Waals surface area contributed by atoms with Crippen LogP contribution in [0.15, 0.2) is 6.20 Å². The third-order valence-electron chi connectivity index (χ3n) is 2.34. The Morgan fingerprint density at radius 2 is 2.28 bits per heavy atom. The zero-order valence-corrected chi connectivity index (χ0v) is 10.5. The normalized spacial score (nSPS) is 10.3. The third-order valence-corrected chi connectivity index (χ3v) is 2.34. The van der Waals surface area contributed by atoms with Crippen molar-refractivity contribution in [2.75, 3.05) is 19.6 Å². The lowest BCUT2D eigenvalue weighted by Gasteiger charge is -2.05. The van der Waals surface area contributed by atoms with Crippen LogP contribution >= 0.6 is 0 Å². The highest BCUT2D eigenvalue weighted by atomic mass is 16.6. The standard InChI is InChI=1S/C10H17N5O3/c1-3-11-4-5-12-10(16)7-14-6-9(15(17)18)13-8(14)2/h6,11H,3-5,7H2,1-2H3,(H,12,16). The van der Waals surface area contributed by atoms with Gasteiger partial charge in [-0.3, -0.25) is 9.36 Å². The highest BCUT2D eigenvalue weighted by Crippen LogP contribution is 2.09. The first kappa shape index (κ1) is 14.1. The van der Waals surface area contributed by atoms with Crippen molar-refractivity contribution in [2.45, 2.75) is 20.4 Å². The number of rotatable bonds is 7. The first-order chi connectivity index (χ1) is 8.54. The molecule has 0 aliphatic rings. The van der Waals surface area contributed by atoms with E-state index in [1.165, 1.54) is 10.8 Å². The lowest BCUT2D eigenvalue weighted by Crippen LogP contribution is -2.33. The Balaban J connectivity index is 2.46. The van der Waals surface area contributed by atoms with E-state index < -0.39 is 4.92 Å². The molecule has 0 atom stereocenters. The first-order valence-corrected chi connectivity index (χ1v) is 5.70. The monoisotopic (exact) mass is 255 g/mol. The molecule has 0 aliphatic carbocycles. The molecule has 1 aromatic heterocycles. The number of nitrogens with one attached hydrogen (secondary N) is 2. The lowest BCUT2D eigenvalue weighted by molar-refractivity contribution is -0.389. The Labute approximate surface area is 105 Å². The summed E-state index contributed by atoms with van der Waals surface area (Å²) in [5.74, 6) is 0.0137. The molecule has 0 aliphatic heterocycles. The van der Waals surface area contributed by atoms with Crippen LogP contribution in [0.2, 0.25) is 0 Å². The maximum Gasteiger partial charge on any atom is 0.381 e. The molecule has 0 radical (unpaired) electrons. The van der Waals surface area contributed by atoms with E-state index in [1.807, 2.05) is 6.92 Å². The van der Waals surface area contributed by atoms with Gasteiger partial charge in [-0.05, 0) is 16.5 Å². The Hall–Kier alpha value is -1.96. The van der Waals surface area contributed by atoms with Crippen LogP contribution in [0.3, 0.4) is 0 Å². The molecular weight excluding hydrogens is 238 g/mol. The van der Waals surface area contributed by atoms with Crippen LogP contribution in [0.5, 0.6) is 0 Å². The van der Waals surface area contributed by atoms with Crippen molar-refractivity contribution < 1.29 is 9.72 Å². The first-order valence-electron chi connectivity index (χ1n) is 5.70. The topological polar surface area (TPSA) is 102 Å². The number of hydrogen-bond acceptors (Lipinski definition) is 5. The number of aromatic nitrogens is 2. The predicted molar refractivity (Wildman–Crippen MR) is 65.2 cm³/mol. The van der Waals surface area contributed by atoms with Crippen LogP contribution in [-0.4, -0.2) is 40.0 Å². The van der Waals surface area contributed by atoms with Crippen LogP contribution in [0, 0.1) is 17.0 Å². The van der Waals surface area contributed by atoms with Gasteiger partial charge in [0.2, 0.25) is 11.7 Å². The second-order valence-electron chi connectivity index (χ2n) is 3.73. The van der Waals surface area contributed by atoms with E-state index in [2.05, 4.69) is 15.6 Å². The number of hydrogen-bond donors (Lipinski definition) is 2. The van der Waals surface area contributed by atoms with Gasteiger partial charge in [-0.2, -0.15) is 0 Å². The summed E-state index contributed by atoms with van der Waals surface area (Å²) in [5.41, 5.74) is 0. The van der Waals surface area contributed by atoms with E-state index >= 15 is 0 Å². The third kappa shape index (κ3) is 4.13. The summed E-state index contributed by atoms with van der Waals surface area (Å²) in [5, 5.41) is 16.3. The van der Waals surface area contributed by atoms with E-state index in [0.29, 0.717) is 18.9 Å². The molecule has 1 heterocycles. The van der Waals surface area contributed by atoms with Crippen LogP contribution in [0.1, 0.15) is 12.7 Å². The molecule has 100 valence electrons. The van der Waals surface area contributed by atoms with Gasteiger partial charge < -0.3 is 20.7 Å². The summed E-state index contributed by atoms with van der Waals surface area (Å²) in [7, 11) is 0. The van der Waals surface area contributed by atoms with E-state index in [1.54, 1.807) is 6.92 Å². The summed E-state index contributed by atoms with van der Waals surface area (Å²) in [6.07, 6.45) is 1.26. The maximum absolute atomic E-state index is 11.5. The van der Waals surface area contributed by atoms with Crippen molar-refractivity contribution in [3.63, 3.8) is 0 Å². The fourth-order valence-electron chi connectivity index (χ4n) is 1.42. The molecule has 0 fully saturated rings. The summed E-state index contributed by atoms with van der Waals surface area (Å²) in [4.78, 5) is 25.2. The molecule has 2 N–H and O–H groups in total. The van der Waals surface area contributed by atoms with Crippen LogP contribution < -0.4 is 10.6 Å². The van der Waals surface area contributed by atoms with E-state index in [0.717, 1.165) is 6.54 Å². The fraction of sp³-hybridized carbons (Fsp3) is 0.600. The Kier molecular flexibility index (Phi) is 5.25. The number of imidazole rings is 1. The second kappa shape index (κ2) is 6.70. The van der Waals surface area contributed by atoms with Gasteiger partial charge in [0.25, 0.3) is 0 Å². The van der Waals surface area contributed by atoms with Crippen molar-refractivity contribution in [2.24, 2.45) is 0 Å². The van der Waals surface area contributed by atoms with Crippen LogP contribution in [0.25, 0.3) is 0 Å². The molecule has 0 unspecified atom stereocenters. The van der Waals surface area contributed by atoms with Gasteiger partial charge in [0, 0.05) is 20.0 Å². The van der Waals surface area contributed by atoms with Crippen molar-refractivity contribution in [1.82, 2.24) is 20.2 Å². The summed E-state index contributed by atoms with van der Waals surface area (Å²) >= 11 is 0. The predicted octanol–water partition coefficient (Wildman–Crippen LogP) is -0.175. The van der Waals surface area contributed by atoms with E-state index in [4.69, 9.17) is 0 Å². The molecule has 1 amide bonds. The average Bonchev–Trinajstić information content (AvgIpc) is 2.67. The quantitative estimate of drug-likeness (QED) is 0.400. The molecule has 0 bridgehead atoms. The highest BCUT2D eigenvalue weighted by Gasteiger charge is 2.16. The molecule has 8 nitrogen and oxygen atoms in total. The number of nitrogens with zero attached hydrogens (tertiary/aromatic N) is 3. The summed E-state index contributed by atoms with van der Waals surface area (Å²) < 4.78 is 1.46. The molecule has 18 heavy (non-hydrogen) atoms. The second-order valence-corrected chi connectivity index (χ2v) is 3.73. The zero-order chi connectivity index (χ0) is 13.5. The number of carbonyl (C=O) groups excluding carboxylic acids is 1. The van der Waals surface area contributed by atoms with Gasteiger partial charge in [-0.15, -0.1) is 0 Å². The van der Waals surface area contributed by atoms with E-state index in [-0.39, 0.29) is 18.3 Å². The molecule has 0 saturated heterocycles. The molecule has 8 heteroatoms. The minimum Gasteiger partial charge on any atom is -0.358 e. The molecule has 0 saturated carbocycles. The number of amides is 1. The Bertz CT molecular complexity index is 429. The van der Waals surface area contributed by atoms with Gasteiger partial charge >= 0.3 is 5.82 Å². The van der Waals surface area contributed by atoms with Gasteiger partial charge in [0.15, 0.2) is 0 Å². The molecule has 1 aromatic rings. The smallest absolute Gasteiger partial charge is 0.358 e. The number of nitro groups is 1. The van der Waals surface area contributed by atoms with Crippen molar-refractivity contribution >= 4 is 11.7 Å². The molecule has 0 aromatic carbocycles. The minimum absolute atomic E-state index is 0.0405. The number of likely N-dealkylation sites (N-methyl/N-ethyl adjacent to an activating group) is 1. The SMILES string of the molecule is CCNCCNC(=O)Cn1cc([N+](=O)[O-])nc1C. The van der Waals surface area contributed by atoms with Gasteiger partial charge in [-0.25, -0.2) is 0 Å². The Morgan fingerprint density at radius 1 is 1.56 bits per heavy atom. The minimum atomic E-state index is -0.577. The largest absolute Gasteiger partial charge is 0.381 e. The maximum atomic E-state index is 11.5.